The summed E-state index contributed by atoms with van der Waals surface area (Å²) in [6.07, 6.45) is 2.42. The van der Waals surface area contributed by atoms with Gasteiger partial charge in [0, 0.05) is 29.7 Å². The molecule has 2 rings (SSSR count). The maximum absolute atomic E-state index is 6.43. The number of hydrogen-bond donors (Lipinski definition) is 1. The highest BCUT2D eigenvalue weighted by Crippen LogP contribution is 2.36. The lowest BCUT2D eigenvalue weighted by atomic mass is 9.98. The molecule has 1 fully saturated rings. The van der Waals surface area contributed by atoms with Crippen molar-refractivity contribution >= 4 is 11.6 Å². The van der Waals surface area contributed by atoms with E-state index in [1.165, 1.54) is 12.8 Å². The lowest BCUT2D eigenvalue weighted by Crippen LogP contribution is -2.48. The summed E-state index contributed by atoms with van der Waals surface area (Å²) in [4.78, 5) is 4.74. The van der Waals surface area contributed by atoms with E-state index in [9.17, 15) is 0 Å². The number of hydrogen-bond acceptors (Lipinski definition) is 4. The van der Waals surface area contributed by atoms with Crippen LogP contribution in [0.15, 0.2) is 18.2 Å². The molecule has 0 aromatic heterocycles. The third kappa shape index (κ3) is 3.69. The monoisotopic (exact) mass is 311 g/mol. The second-order valence-electron chi connectivity index (χ2n) is 5.86. The Bertz CT molecular complexity index is 467. The van der Waals surface area contributed by atoms with Gasteiger partial charge < -0.3 is 15.4 Å². The summed E-state index contributed by atoms with van der Waals surface area (Å²) in [6.45, 7) is 2.62. The van der Waals surface area contributed by atoms with Gasteiger partial charge in [-0.15, -0.1) is 0 Å². The first-order chi connectivity index (χ1) is 10.1. The summed E-state index contributed by atoms with van der Waals surface area (Å²) in [5.74, 6) is 0.824. The number of benzene rings is 1. The van der Waals surface area contributed by atoms with Crippen molar-refractivity contribution in [2.24, 2.45) is 5.73 Å². The number of nitrogens with zero attached hydrogens (tertiary/aromatic N) is 2. The molecule has 1 aliphatic heterocycles. The van der Waals surface area contributed by atoms with Crippen molar-refractivity contribution in [3.63, 3.8) is 0 Å². The zero-order valence-electron chi connectivity index (χ0n) is 13.2. The summed E-state index contributed by atoms with van der Waals surface area (Å²) in [5, 5.41) is 0.733. The van der Waals surface area contributed by atoms with Gasteiger partial charge in [0.05, 0.1) is 13.2 Å². The standard InChI is InChI=1S/C16H26ClN3O/c1-19(2)12-6-5-9-20(11-12)14(10-18)16-13(17)7-4-8-15(16)21-3/h4,7-8,12,14H,5-6,9-11,18H2,1-3H3. The van der Waals surface area contributed by atoms with Gasteiger partial charge in [0.25, 0.3) is 0 Å². The van der Waals surface area contributed by atoms with E-state index in [0.717, 1.165) is 29.4 Å². The molecule has 1 aromatic carbocycles. The predicted octanol–water partition coefficient (Wildman–Crippen LogP) is 2.37. The van der Waals surface area contributed by atoms with Crippen LogP contribution in [0, 0.1) is 0 Å². The van der Waals surface area contributed by atoms with E-state index >= 15 is 0 Å². The minimum absolute atomic E-state index is 0.108. The first-order valence-electron chi connectivity index (χ1n) is 7.51. The Hall–Kier alpha value is -0.810. The van der Waals surface area contributed by atoms with Crippen LogP contribution in [0.3, 0.4) is 0 Å². The van der Waals surface area contributed by atoms with Crippen molar-refractivity contribution in [2.45, 2.75) is 24.9 Å². The predicted molar refractivity (Wildman–Crippen MR) is 88.1 cm³/mol. The van der Waals surface area contributed by atoms with Crippen molar-refractivity contribution in [2.75, 3.05) is 40.8 Å². The van der Waals surface area contributed by atoms with E-state index in [-0.39, 0.29) is 6.04 Å². The third-order valence-electron chi connectivity index (χ3n) is 4.39. The SMILES string of the molecule is COc1cccc(Cl)c1C(CN)N1CCCC(N(C)C)C1. The maximum Gasteiger partial charge on any atom is 0.125 e. The van der Waals surface area contributed by atoms with Crippen molar-refractivity contribution < 1.29 is 4.74 Å². The molecule has 4 nitrogen and oxygen atoms in total. The van der Waals surface area contributed by atoms with E-state index in [0.29, 0.717) is 12.6 Å². The number of nitrogens with two attached hydrogens (primary N) is 1. The average Bonchev–Trinajstić information content (AvgIpc) is 2.49. The molecule has 1 aromatic rings. The van der Waals surface area contributed by atoms with Crippen molar-refractivity contribution in [3.8, 4) is 5.75 Å². The Kier molecular flexibility index (Phi) is 5.88. The Morgan fingerprint density at radius 2 is 2.24 bits per heavy atom. The van der Waals surface area contributed by atoms with Crippen LogP contribution >= 0.6 is 11.6 Å². The minimum Gasteiger partial charge on any atom is -0.496 e. The number of rotatable bonds is 5. The van der Waals surface area contributed by atoms with Crippen molar-refractivity contribution in [1.82, 2.24) is 9.80 Å². The summed E-state index contributed by atoms with van der Waals surface area (Å²) in [6, 6.07) is 6.46. The zero-order chi connectivity index (χ0) is 15.4. The maximum atomic E-state index is 6.43. The molecular formula is C16H26ClN3O. The first-order valence-corrected chi connectivity index (χ1v) is 7.89. The summed E-state index contributed by atoms with van der Waals surface area (Å²) in [5.41, 5.74) is 7.10. The van der Waals surface area contributed by atoms with Gasteiger partial charge in [-0.1, -0.05) is 17.7 Å². The Labute approximate surface area is 132 Å². The van der Waals surface area contributed by atoms with Gasteiger partial charge in [-0.25, -0.2) is 0 Å². The molecule has 2 atom stereocenters. The molecular weight excluding hydrogens is 286 g/mol. The Balaban J connectivity index is 2.27. The quantitative estimate of drug-likeness (QED) is 0.906. The van der Waals surface area contributed by atoms with E-state index < -0.39 is 0 Å². The molecule has 0 bridgehead atoms. The lowest BCUT2D eigenvalue weighted by molar-refractivity contribution is 0.0973. The second-order valence-corrected chi connectivity index (χ2v) is 6.27. The molecule has 1 saturated heterocycles. The number of likely N-dealkylation sites (N-methyl/N-ethyl adjacent to an activating group) is 1. The van der Waals surface area contributed by atoms with Gasteiger partial charge in [0.2, 0.25) is 0 Å². The molecule has 2 N–H and O–H groups in total. The number of likely N-dealkylation sites (tertiary alicyclic amines) is 1. The van der Waals surface area contributed by atoms with Gasteiger partial charge in [0.1, 0.15) is 5.75 Å². The summed E-state index contributed by atoms with van der Waals surface area (Å²) < 4.78 is 5.50. The lowest BCUT2D eigenvalue weighted by Gasteiger charge is -2.40. The molecule has 2 unspecified atom stereocenters. The van der Waals surface area contributed by atoms with Crippen LogP contribution < -0.4 is 10.5 Å². The molecule has 21 heavy (non-hydrogen) atoms. The number of piperidine rings is 1. The molecule has 0 saturated carbocycles. The number of halogens is 1. The van der Waals surface area contributed by atoms with Crippen LogP contribution in [0.4, 0.5) is 0 Å². The van der Waals surface area contributed by atoms with Crippen LogP contribution in [-0.2, 0) is 0 Å². The zero-order valence-corrected chi connectivity index (χ0v) is 13.9. The van der Waals surface area contributed by atoms with Crippen LogP contribution in [0.5, 0.6) is 5.75 Å². The number of methoxy groups -OCH3 is 1. The smallest absolute Gasteiger partial charge is 0.125 e. The Morgan fingerprint density at radius 3 is 2.86 bits per heavy atom. The normalized spacial score (nSPS) is 21.5. The highest BCUT2D eigenvalue weighted by Gasteiger charge is 2.29. The molecule has 0 spiro atoms. The van der Waals surface area contributed by atoms with E-state index in [1.54, 1.807) is 7.11 Å². The highest BCUT2D eigenvalue weighted by molar-refractivity contribution is 6.31. The van der Waals surface area contributed by atoms with Crippen molar-refractivity contribution in [3.05, 3.63) is 28.8 Å². The summed E-state index contributed by atoms with van der Waals surface area (Å²) in [7, 11) is 5.96. The minimum atomic E-state index is 0.108. The molecule has 118 valence electrons. The number of ether oxygens (including phenoxy) is 1. The van der Waals surface area contributed by atoms with Gasteiger partial charge >= 0.3 is 0 Å². The molecule has 0 aliphatic carbocycles. The van der Waals surface area contributed by atoms with Gasteiger partial charge in [-0.05, 0) is 45.6 Å². The van der Waals surface area contributed by atoms with Crippen LogP contribution in [0.25, 0.3) is 0 Å². The fourth-order valence-electron chi connectivity index (χ4n) is 3.16. The topological polar surface area (TPSA) is 41.7 Å². The van der Waals surface area contributed by atoms with Crippen LogP contribution in [0.1, 0.15) is 24.4 Å². The first kappa shape index (κ1) is 16.6. The molecule has 1 heterocycles. The molecule has 0 radical (unpaired) electrons. The largest absolute Gasteiger partial charge is 0.496 e. The van der Waals surface area contributed by atoms with E-state index in [2.05, 4.69) is 23.9 Å². The van der Waals surface area contributed by atoms with E-state index in [4.69, 9.17) is 22.1 Å². The average molecular weight is 312 g/mol. The highest BCUT2D eigenvalue weighted by atomic mass is 35.5. The van der Waals surface area contributed by atoms with Gasteiger partial charge in [-0.2, -0.15) is 0 Å². The molecule has 5 heteroatoms. The molecule has 1 aliphatic rings. The fourth-order valence-corrected chi connectivity index (χ4v) is 3.45. The Morgan fingerprint density at radius 1 is 1.48 bits per heavy atom. The van der Waals surface area contributed by atoms with Crippen LogP contribution in [0.2, 0.25) is 5.02 Å². The fraction of sp³-hybridized carbons (Fsp3) is 0.625. The van der Waals surface area contributed by atoms with Gasteiger partial charge in [-0.3, -0.25) is 4.90 Å². The summed E-state index contributed by atoms with van der Waals surface area (Å²) >= 11 is 6.43. The van der Waals surface area contributed by atoms with Crippen LogP contribution in [-0.4, -0.2) is 56.7 Å². The van der Waals surface area contributed by atoms with E-state index in [1.807, 2.05) is 18.2 Å². The molecule has 0 amide bonds. The van der Waals surface area contributed by atoms with Gasteiger partial charge in [0.15, 0.2) is 0 Å². The third-order valence-corrected chi connectivity index (χ3v) is 4.72. The second kappa shape index (κ2) is 7.45. The van der Waals surface area contributed by atoms with Crippen molar-refractivity contribution in [1.29, 1.82) is 0 Å².